The first-order valence-electron chi connectivity index (χ1n) is 4.48. The van der Waals surface area contributed by atoms with Gasteiger partial charge in [-0.25, -0.2) is 0 Å². The number of ether oxygens (including phenoxy) is 1. The number of rotatable bonds is 2. The van der Waals surface area contributed by atoms with E-state index in [0.717, 1.165) is 5.69 Å². The van der Waals surface area contributed by atoms with Crippen molar-refractivity contribution in [3.8, 4) is 0 Å². The number of methoxy groups -OCH3 is 1. The lowest BCUT2D eigenvalue weighted by Gasteiger charge is -2.18. The Kier molecular flexibility index (Phi) is 3.04. The molecule has 1 rings (SSSR count). The normalized spacial score (nSPS) is 11.7. The molecule has 2 nitrogen and oxygen atoms in total. The van der Waals surface area contributed by atoms with Gasteiger partial charge in [-0.15, -0.1) is 0 Å². The lowest BCUT2D eigenvalue weighted by Crippen LogP contribution is -2.11. The quantitative estimate of drug-likeness (QED) is 0.696. The van der Waals surface area contributed by atoms with E-state index in [-0.39, 0.29) is 5.41 Å². The van der Waals surface area contributed by atoms with Crippen LogP contribution in [0.25, 0.3) is 0 Å². The summed E-state index contributed by atoms with van der Waals surface area (Å²) in [6, 6.07) is 4.13. The Labute approximate surface area is 80.0 Å². The molecule has 0 amide bonds. The molecule has 0 saturated carbocycles. The van der Waals surface area contributed by atoms with Crippen LogP contribution in [0.3, 0.4) is 0 Å². The van der Waals surface area contributed by atoms with Gasteiger partial charge in [0, 0.05) is 13.3 Å². The highest BCUT2D eigenvalue weighted by molar-refractivity contribution is 5.20. The van der Waals surface area contributed by atoms with Crippen LogP contribution in [-0.4, -0.2) is 12.1 Å². The number of hydrogen-bond donors (Lipinski definition) is 0. The highest BCUT2D eigenvalue weighted by Gasteiger charge is 2.13. The summed E-state index contributed by atoms with van der Waals surface area (Å²) in [5.41, 5.74) is 2.42. The van der Waals surface area contributed by atoms with Gasteiger partial charge in [-0.05, 0) is 17.0 Å². The Morgan fingerprint density at radius 1 is 1.31 bits per heavy atom. The number of pyridine rings is 1. The third-order valence-electron chi connectivity index (χ3n) is 1.98. The molecule has 0 fully saturated rings. The van der Waals surface area contributed by atoms with Gasteiger partial charge in [0.05, 0.1) is 12.3 Å². The Morgan fingerprint density at radius 3 is 2.38 bits per heavy atom. The smallest absolute Gasteiger partial charge is 0.0884 e. The van der Waals surface area contributed by atoms with Gasteiger partial charge < -0.3 is 4.74 Å². The fraction of sp³-hybridized carbons (Fsp3) is 0.545. The maximum absolute atomic E-state index is 4.99. The summed E-state index contributed by atoms with van der Waals surface area (Å²) in [4.78, 5) is 4.31. The Bertz CT molecular complexity index is 258. The second kappa shape index (κ2) is 3.88. The van der Waals surface area contributed by atoms with E-state index in [1.165, 1.54) is 5.56 Å². The molecule has 0 aromatic carbocycles. The van der Waals surface area contributed by atoms with Crippen molar-refractivity contribution >= 4 is 0 Å². The van der Waals surface area contributed by atoms with Gasteiger partial charge in [0.2, 0.25) is 0 Å². The van der Waals surface area contributed by atoms with E-state index in [4.69, 9.17) is 4.74 Å². The molecule has 0 aliphatic carbocycles. The molecule has 0 radical (unpaired) electrons. The van der Waals surface area contributed by atoms with E-state index >= 15 is 0 Å². The fourth-order valence-corrected chi connectivity index (χ4v) is 1.10. The van der Waals surface area contributed by atoms with Crippen LogP contribution in [0, 0.1) is 0 Å². The lowest BCUT2D eigenvalue weighted by molar-refractivity contribution is 0.181. The van der Waals surface area contributed by atoms with Crippen molar-refractivity contribution in [2.24, 2.45) is 0 Å². The van der Waals surface area contributed by atoms with Crippen molar-refractivity contribution in [1.29, 1.82) is 0 Å². The second-order valence-corrected chi connectivity index (χ2v) is 4.22. The molecule has 0 atom stereocenters. The van der Waals surface area contributed by atoms with Crippen molar-refractivity contribution in [2.75, 3.05) is 7.11 Å². The predicted octanol–water partition coefficient (Wildman–Crippen LogP) is 2.53. The first kappa shape index (κ1) is 10.2. The van der Waals surface area contributed by atoms with E-state index < -0.39 is 0 Å². The lowest BCUT2D eigenvalue weighted by atomic mass is 9.88. The van der Waals surface area contributed by atoms with Crippen LogP contribution in [0.15, 0.2) is 18.3 Å². The molecule has 72 valence electrons. The molecule has 1 heterocycles. The van der Waals surface area contributed by atoms with Crippen LogP contribution in [0.2, 0.25) is 0 Å². The zero-order valence-corrected chi connectivity index (χ0v) is 8.79. The van der Waals surface area contributed by atoms with Gasteiger partial charge in [-0.1, -0.05) is 26.8 Å². The Balaban J connectivity index is 2.81. The highest BCUT2D eigenvalue weighted by Crippen LogP contribution is 2.20. The maximum atomic E-state index is 4.99. The van der Waals surface area contributed by atoms with E-state index in [9.17, 15) is 0 Å². The molecule has 0 aliphatic rings. The van der Waals surface area contributed by atoms with Crippen molar-refractivity contribution in [2.45, 2.75) is 32.8 Å². The van der Waals surface area contributed by atoms with Crippen molar-refractivity contribution in [3.63, 3.8) is 0 Å². The van der Waals surface area contributed by atoms with E-state index in [2.05, 4.69) is 31.8 Å². The average Bonchev–Trinajstić information content (AvgIpc) is 2.04. The topological polar surface area (TPSA) is 22.1 Å². The summed E-state index contributed by atoms with van der Waals surface area (Å²) in [6.07, 6.45) is 1.92. The molecular formula is C11H17NO. The summed E-state index contributed by atoms with van der Waals surface area (Å²) in [5, 5.41) is 0. The van der Waals surface area contributed by atoms with Gasteiger partial charge in [-0.3, -0.25) is 4.98 Å². The second-order valence-electron chi connectivity index (χ2n) is 4.22. The number of aromatic nitrogens is 1. The number of nitrogens with zero attached hydrogens (tertiary/aromatic N) is 1. The molecule has 0 unspecified atom stereocenters. The van der Waals surface area contributed by atoms with Gasteiger partial charge in [-0.2, -0.15) is 0 Å². The third-order valence-corrected chi connectivity index (χ3v) is 1.98. The van der Waals surface area contributed by atoms with Gasteiger partial charge in [0.1, 0.15) is 0 Å². The van der Waals surface area contributed by atoms with Gasteiger partial charge >= 0.3 is 0 Å². The van der Waals surface area contributed by atoms with Crippen molar-refractivity contribution < 1.29 is 4.74 Å². The molecule has 0 saturated heterocycles. The van der Waals surface area contributed by atoms with Crippen LogP contribution in [0.5, 0.6) is 0 Å². The molecule has 1 aromatic heterocycles. The van der Waals surface area contributed by atoms with Crippen LogP contribution in [0.4, 0.5) is 0 Å². The first-order chi connectivity index (χ1) is 6.04. The van der Waals surface area contributed by atoms with Crippen LogP contribution in [0.1, 0.15) is 32.0 Å². The molecular weight excluding hydrogens is 162 g/mol. The maximum Gasteiger partial charge on any atom is 0.0884 e. The minimum absolute atomic E-state index is 0.179. The highest BCUT2D eigenvalue weighted by atomic mass is 16.5. The van der Waals surface area contributed by atoms with E-state index in [0.29, 0.717) is 6.61 Å². The monoisotopic (exact) mass is 179 g/mol. The summed E-state index contributed by atoms with van der Waals surface area (Å²) in [6.45, 7) is 7.13. The zero-order valence-electron chi connectivity index (χ0n) is 8.79. The molecule has 0 spiro atoms. The fourth-order valence-electron chi connectivity index (χ4n) is 1.10. The van der Waals surface area contributed by atoms with Gasteiger partial charge in [0.15, 0.2) is 0 Å². The zero-order chi connectivity index (χ0) is 9.90. The summed E-state index contributed by atoms with van der Waals surface area (Å²) in [7, 11) is 1.68. The minimum Gasteiger partial charge on any atom is -0.378 e. The molecule has 0 N–H and O–H groups in total. The third kappa shape index (κ3) is 2.81. The minimum atomic E-state index is 0.179. The molecule has 13 heavy (non-hydrogen) atoms. The van der Waals surface area contributed by atoms with Crippen LogP contribution >= 0.6 is 0 Å². The first-order valence-corrected chi connectivity index (χ1v) is 4.48. The predicted molar refractivity (Wildman–Crippen MR) is 53.7 cm³/mol. The Morgan fingerprint density at radius 2 is 2.00 bits per heavy atom. The molecule has 2 heteroatoms. The van der Waals surface area contributed by atoms with Crippen LogP contribution < -0.4 is 0 Å². The average molecular weight is 179 g/mol. The van der Waals surface area contributed by atoms with Crippen molar-refractivity contribution in [1.82, 2.24) is 4.98 Å². The number of hydrogen-bond acceptors (Lipinski definition) is 2. The van der Waals surface area contributed by atoms with E-state index in [1.54, 1.807) is 7.11 Å². The summed E-state index contributed by atoms with van der Waals surface area (Å²) >= 11 is 0. The van der Waals surface area contributed by atoms with Crippen molar-refractivity contribution in [3.05, 3.63) is 29.6 Å². The van der Waals surface area contributed by atoms with Gasteiger partial charge in [0.25, 0.3) is 0 Å². The largest absolute Gasteiger partial charge is 0.378 e. The van der Waals surface area contributed by atoms with Crippen LogP contribution in [-0.2, 0) is 16.8 Å². The standard InChI is InChI=1S/C11H17NO/c1-11(2,3)9-5-6-10(8-13-4)12-7-9/h5-7H,8H2,1-4H3. The summed E-state index contributed by atoms with van der Waals surface area (Å²) in [5.74, 6) is 0. The molecule has 0 bridgehead atoms. The summed E-state index contributed by atoms with van der Waals surface area (Å²) < 4.78 is 4.99. The molecule has 0 aliphatic heterocycles. The van der Waals surface area contributed by atoms with E-state index in [1.807, 2.05) is 12.3 Å². The molecule has 1 aromatic rings. The SMILES string of the molecule is COCc1ccc(C(C)(C)C)cn1. The Hall–Kier alpha value is -0.890.